The van der Waals surface area contributed by atoms with Gasteiger partial charge < -0.3 is 4.57 Å². The van der Waals surface area contributed by atoms with Crippen LogP contribution in [0, 0.1) is 0 Å². The molecule has 0 aliphatic carbocycles. The summed E-state index contributed by atoms with van der Waals surface area (Å²) in [4.78, 5) is 16.6. The lowest BCUT2D eigenvalue weighted by Gasteiger charge is -2.08. The second-order valence-electron chi connectivity index (χ2n) is 5.16. The van der Waals surface area contributed by atoms with Crippen molar-refractivity contribution in [2.24, 2.45) is 7.05 Å². The van der Waals surface area contributed by atoms with Crippen LogP contribution in [0.5, 0.6) is 0 Å². The normalized spacial score (nSPS) is 11.4. The second-order valence-corrected chi connectivity index (χ2v) is 5.54. The van der Waals surface area contributed by atoms with E-state index in [1.54, 1.807) is 29.0 Å². The molecular formula is C17H12ClN3O. The molecule has 4 aromatic rings. The first-order valence-electron chi connectivity index (χ1n) is 6.88. The SMILES string of the molecule is Cn1c2ccccc2c2c1ccc(=O)n2-c1ccc(Cl)nc1. The molecule has 108 valence electrons. The smallest absolute Gasteiger partial charge is 0.255 e. The third kappa shape index (κ3) is 1.77. The third-order valence-corrected chi connectivity index (χ3v) is 4.15. The summed E-state index contributed by atoms with van der Waals surface area (Å²) in [5.41, 5.74) is 3.58. The fraction of sp³-hybridized carbons (Fsp3) is 0.0588. The first-order chi connectivity index (χ1) is 10.7. The zero-order chi connectivity index (χ0) is 15.3. The number of aryl methyl sites for hydroxylation is 1. The minimum Gasteiger partial charge on any atom is -0.342 e. The van der Waals surface area contributed by atoms with Gasteiger partial charge in [-0.3, -0.25) is 9.36 Å². The molecule has 4 rings (SSSR count). The molecule has 3 heterocycles. The number of hydrogen-bond donors (Lipinski definition) is 0. The molecule has 0 N–H and O–H groups in total. The second kappa shape index (κ2) is 4.71. The number of nitrogens with zero attached hydrogens (tertiary/aromatic N) is 3. The van der Waals surface area contributed by atoms with Crippen molar-refractivity contribution in [1.82, 2.24) is 14.1 Å². The predicted octanol–water partition coefficient (Wildman–Crippen LogP) is 3.53. The van der Waals surface area contributed by atoms with Gasteiger partial charge in [-0.05, 0) is 24.3 Å². The largest absolute Gasteiger partial charge is 0.342 e. The molecule has 0 spiro atoms. The van der Waals surface area contributed by atoms with Crippen LogP contribution in [0.4, 0.5) is 0 Å². The third-order valence-electron chi connectivity index (χ3n) is 3.92. The zero-order valence-electron chi connectivity index (χ0n) is 11.8. The summed E-state index contributed by atoms with van der Waals surface area (Å²) in [7, 11) is 2.00. The van der Waals surface area contributed by atoms with Crippen molar-refractivity contribution in [3.05, 3.63) is 70.2 Å². The van der Waals surface area contributed by atoms with Crippen molar-refractivity contribution in [3.63, 3.8) is 0 Å². The van der Waals surface area contributed by atoms with Gasteiger partial charge in [-0.15, -0.1) is 0 Å². The first kappa shape index (κ1) is 13.1. The van der Waals surface area contributed by atoms with Gasteiger partial charge in [0.2, 0.25) is 0 Å². The Morgan fingerprint density at radius 3 is 2.59 bits per heavy atom. The van der Waals surface area contributed by atoms with Crippen molar-refractivity contribution in [1.29, 1.82) is 0 Å². The molecule has 0 radical (unpaired) electrons. The molecule has 5 heteroatoms. The number of para-hydroxylation sites is 1. The summed E-state index contributed by atoms with van der Waals surface area (Å²) in [6, 6.07) is 15.0. The van der Waals surface area contributed by atoms with Crippen LogP contribution >= 0.6 is 11.6 Å². The molecule has 1 aromatic carbocycles. The van der Waals surface area contributed by atoms with E-state index in [1.807, 2.05) is 37.4 Å². The van der Waals surface area contributed by atoms with Gasteiger partial charge in [0.15, 0.2) is 0 Å². The fourth-order valence-electron chi connectivity index (χ4n) is 2.91. The summed E-state index contributed by atoms with van der Waals surface area (Å²) >= 11 is 5.85. The van der Waals surface area contributed by atoms with E-state index in [9.17, 15) is 4.79 Å². The van der Waals surface area contributed by atoms with Gasteiger partial charge in [0, 0.05) is 18.5 Å². The lowest BCUT2D eigenvalue weighted by atomic mass is 10.2. The summed E-state index contributed by atoms with van der Waals surface area (Å²) in [5, 5.41) is 1.44. The molecule has 0 aliphatic heterocycles. The Labute approximate surface area is 131 Å². The Bertz CT molecular complexity index is 1060. The lowest BCUT2D eigenvalue weighted by molar-refractivity contribution is 0.991. The van der Waals surface area contributed by atoms with Gasteiger partial charge in [0.1, 0.15) is 5.15 Å². The van der Waals surface area contributed by atoms with Crippen LogP contribution in [-0.2, 0) is 7.05 Å². The highest BCUT2D eigenvalue weighted by atomic mass is 35.5. The van der Waals surface area contributed by atoms with Crippen LogP contribution in [0.3, 0.4) is 0 Å². The summed E-state index contributed by atoms with van der Waals surface area (Å²) in [5.74, 6) is 0. The number of fused-ring (bicyclic) bond motifs is 3. The van der Waals surface area contributed by atoms with E-state index in [-0.39, 0.29) is 5.56 Å². The van der Waals surface area contributed by atoms with E-state index < -0.39 is 0 Å². The van der Waals surface area contributed by atoms with Crippen molar-refractivity contribution in [2.75, 3.05) is 0 Å². The number of aromatic nitrogens is 3. The standard InChI is InChI=1S/C17H12ClN3O/c1-20-13-5-3-2-4-12(13)17-14(20)7-9-16(22)21(17)11-6-8-15(18)19-10-11/h2-10H,1H3. The lowest BCUT2D eigenvalue weighted by Crippen LogP contribution is -2.17. The maximum Gasteiger partial charge on any atom is 0.255 e. The van der Waals surface area contributed by atoms with Crippen LogP contribution in [-0.4, -0.2) is 14.1 Å². The maximum atomic E-state index is 12.5. The zero-order valence-corrected chi connectivity index (χ0v) is 12.6. The average Bonchev–Trinajstić information content (AvgIpc) is 2.82. The van der Waals surface area contributed by atoms with Crippen molar-refractivity contribution < 1.29 is 0 Å². The molecule has 0 saturated heterocycles. The van der Waals surface area contributed by atoms with Crippen LogP contribution < -0.4 is 5.56 Å². The Kier molecular flexibility index (Phi) is 2.81. The molecule has 0 atom stereocenters. The molecule has 0 bridgehead atoms. The van der Waals surface area contributed by atoms with Crippen molar-refractivity contribution in [2.45, 2.75) is 0 Å². The number of halogens is 1. The Hall–Kier alpha value is -2.59. The molecule has 22 heavy (non-hydrogen) atoms. The Balaban J connectivity index is 2.22. The number of pyridine rings is 2. The molecule has 0 fully saturated rings. The van der Waals surface area contributed by atoms with E-state index >= 15 is 0 Å². The van der Waals surface area contributed by atoms with Crippen LogP contribution in [0.15, 0.2) is 59.5 Å². The number of rotatable bonds is 1. The highest BCUT2D eigenvalue weighted by Gasteiger charge is 2.13. The Morgan fingerprint density at radius 1 is 1.00 bits per heavy atom. The van der Waals surface area contributed by atoms with Crippen molar-refractivity contribution in [3.8, 4) is 5.69 Å². The average molecular weight is 310 g/mol. The molecule has 0 aliphatic rings. The van der Waals surface area contributed by atoms with E-state index in [2.05, 4.69) is 9.55 Å². The monoisotopic (exact) mass is 309 g/mol. The number of benzene rings is 1. The van der Waals surface area contributed by atoms with Gasteiger partial charge in [0.25, 0.3) is 5.56 Å². The molecule has 0 saturated carbocycles. The van der Waals surface area contributed by atoms with Gasteiger partial charge >= 0.3 is 0 Å². The molecule has 3 aromatic heterocycles. The minimum absolute atomic E-state index is 0.0898. The molecule has 4 nitrogen and oxygen atoms in total. The first-order valence-corrected chi connectivity index (χ1v) is 7.26. The Morgan fingerprint density at radius 2 is 1.82 bits per heavy atom. The van der Waals surface area contributed by atoms with Crippen LogP contribution in [0.2, 0.25) is 5.15 Å². The van der Waals surface area contributed by atoms with E-state index in [0.29, 0.717) is 10.8 Å². The maximum absolute atomic E-state index is 12.5. The van der Waals surface area contributed by atoms with Gasteiger partial charge in [-0.25, -0.2) is 4.98 Å². The minimum atomic E-state index is -0.0898. The summed E-state index contributed by atoms with van der Waals surface area (Å²) < 4.78 is 3.77. The van der Waals surface area contributed by atoms with E-state index in [0.717, 1.165) is 21.9 Å². The molecular weight excluding hydrogens is 298 g/mol. The van der Waals surface area contributed by atoms with Crippen molar-refractivity contribution >= 4 is 33.5 Å². The van der Waals surface area contributed by atoms with E-state index in [4.69, 9.17) is 11.6 Å². The fourth-order valence-corrected chi connectivity index (χ4v) is 3.02. The predicted molar refractivity (Wildman–Crippen MR) is 88.8 cm³/mol. The van der Waals surface area contributed by atoms with Gasteiger partial charge in [0.05, 0.1) is 28.4 Å². The topological polar surface area (TPSA) is 39.8 Å². The van der Waals surface area contributed by atoms with Crippen LogP contribution in [0.25, 0.3) is 27.6 Å². The number of hydrogen-bond acceptors (Lipinski definition) is 2. The molecule has 0 amide bonds. The van der Waals surface area contributed by atoms with Crippen LogP contribution in [0.1, 0.15) is 0 Å². The highest BCUT2D eigenvalue weighted by molar-refractivity contribution is 6.29. The van der Waals surface area contributed by atoms with Gasteiger partial charge in [-0.2, -0.15) is 0 Å². The summed E-state index contributed by atoms with van der Waals surface area (Å²) in [6.45, 7) is 0. The van der Waals surface area contributed by atoms with E-state index in [1.165, 1.54) is 0 Å². The summed E-state index contributed by atoms with van der Waals surface area (Å²) in [6.07, 6.45) is 1.62. The van der Waals surface area contributed by atoms with Gasteiger partial charge in [-0.1, -0.05) is 29.8 Å². The highest BCUT2D eigenvalue weighted by Crippen LogP contribution is 2.28. The molecule has 0 unspecified atom stereocenters. The quantitative estimate of drug-likeness (QED) is 0.505.